The van der Waals surface area contributed by atoms with E-state index in [0.29, 0.717) is 56.7 Å². The van der Waals surface area contributed by atoms with Crippen LogP contribution in [-0.4, -0.2) is 76.7 Å². The van der Waals surface area contributed by atoms with Crippen LogP contribution in [0.4, 0.5) is 16.2 Å². The fraction of sp³-hybridized carbons (Fsp3) is 0.686. The predicted molar refractivity (Wildman–Crippen MR) is 184 cm³/mol. The Hall–Kier alpha value is -2.69. The molecular formula is C35H55N3O6Si. The van der Waals surface area contributed by atoms with E-state index in [1.54, 1.807) is 7.11 Å². The number of carbonyl (C=O) groups is 1. The maximum Gasteiger partial charge on any atom is 0.407 e. The van der Waals surface area contributed by atoms with Crippen LogP contribution in [-0.2, 0) is 9.47 Å². The summed E-state index contributed by atoms with van der Waals surface area (Å²) in [6.07, 6.45) is 8.27. The highest BCUT2D eigenvalue weighted by atomic mass is 28.3. The van der Waals surface area contributed by atoms with E-state index in [9.17, 15) is 19.5 Å². The maximum absolute atomic E-state index is 13.1. The Morgan fingerprint density at radius 2 is 1.78 bits per heavy atom. The molecule has 0 bridgehead atoms. The Labute approximate surface area is 270 Å². The van der Waals surface area contributed by atoms with Crippen molar-refractivity contribution in [2.75, 3.05) is 56.7 Å². The van der Waals surface area contributed by atoms with E-state index in [-0.39, 0.29) is 18.1 Å². The molecule has 9 nitrogen and oxygen atoms in total. The summed E-state index contributed by atoms with van der Waals surface area (Å²) in [6.45, 7) is 10.1. The first kappa shape index (κ1) is 35.2. The van der Waals surface area contributed by atoms with Crippen LogP contribution in [0, 0.1) is 11.8 Å². The highest BCUT2D eigenvalue weighted by molar-refractivity contribution is 6.76. The molecule has 2 aromatic carbocycles. The summed E-state index contributed by atoms with van der Waals surface area (Å²) in [4.78, 5) is 42.2. The summed E-state index contributed by atoms with van der Waals surface area (Å²) in [5, 5.41) is 13.6. The number of methoxy groups -OCH3 is 1. The minimum Gasteiger partial charge on any atom is -0.465 e. The second kappa shape index (κ2) is 16.7. The monoisotopic (exact) mass is 641 g/mol. The number of carboxylic acid groups (broad SMARTS) is 1. The molecule has 2 fully saturated rings. The van der Waals surface area contributed by atoms with Crippen molar-refractivity contribution < 1.29 is 19.4 Å². The number of piperidine rings is 1. The minimum atomic E-state index is -1.45. The number of amides is 1. The Balaban J connectivity index is 1.53. The molecule has 2 unspecified atom stereocenters. The molecule has 4 rings (SSSR count). The minimum absolute atomic E-state index is 0.122. The lowest BCUT2D eigenvalue weighted by atomic mass is 9.84. The van der Waals surface area contributed by atoms with Crippen LogP contribution in [0.25, 0.3) is 0 Å². The zero-order valence-corrected chi connectivity index (χ0v) is 28.9. The Bertz CT molecular complexity index is 1270. The van der Waals surface area contributed by atoms with Gasteiger partial charge in [-0.3, -0.25) is 9.59 Å². The molecule has 2 N–H and O–H groups in total. The maximum atomic E-state index is 13.1. The van der Waals surface area contributed by atoms with E-state index >= 15 is 0 Å². The molecule has 1 aliphatic heterocycles. The lowest BCUT2D eigenvalue weighted by Crippen LogP contribution is -2.49. The zero-order chi connectivity index (χ0) is 32.4. The molecular weight excluding hydrogens is 586 g/mol. The zero-order valence-electron chi connectivity index (χ0n) is 27.9. The quantitative estimate of drug-likeness (QED) is 0.117. The standard InChI is InChI=1S/C35H55N3O6Si/c1-43-20-12-21-44-34(27-15-9-6-10-16-27)28-17-11-18-37(24-28)31-30(32(39)33(31)40)36-29(23-26-13-7-5-8-14-26)25-38(35(41)42)19-22-45(2,3)4/h6,9-10,15-16,26,28-29,34,36H,5,7-8,11-14,17-25H2,1-4H3,(H,41,42)/t28?,29-,34?/m1/s1. The first-order valence-electron chi connectivity index (χ1n) is 17.1. The summed E-state index contributed by atoms with van der Waals surface area (Å²) < 4.78 is 11.7. The molecule has 0 spiro atoms. The summed E-state index contributed by atoms with van der Waals surface area (Å²) in [5.41, 5.74) is 1.02. The Morgan fingerprint density at radius 1 is 1.04 bits per heavy atom. The number of nitrogens with zero attached hydrogens (tertiary/aromatic N) is 2. The number of nitrogens with one attached hydrogen (secondary N) is 1. The van der Waals surface area contributed by atoms with Crippen LogP contribution < -0.4 is 21.1 Å². The smallest absolute Gasteiger partial charge is 0.407 e. The van der Waals surface area contributed by atoms with Gasteiger partial charge in [0.2, 0.25) is 0 Å². The molecule has 1 saturated heterocycles. The van der Waals surface area contributed by atoms with E-state index in [2.05, 4.69) is 42.0 Å². The SMILES string of the molecule is COCCCOC(c1ccccc1)C1CCCN(c2c(N[C@H](CC3CCCCC3)CN(CC[Si](C)(C)C)C(=O)O)c(=O)c2=O)C1. The molecule has 3 atom stereocenters. The van der Waals surface area contributed by atoms with Crippen LogP contribution in [0.2, 0.25) is 25.7 Å². The summed E-state index contributed by atoms with van der Waals surface area (Å²) in [7, 11) is 0.240. The number of benzene rings is 1. The molecule has 0 aromatic heterocycles. The molecule has 45 heavy (non-hydrogen) atoms. The van der Waals surface area contributed by atoms with Gasteiger partial charge in [0.1, 0.15) is 11.4 Å². The van der Waals surface area contributed by atoms with E-state index in [0.717, 1.165) is 50.1 Å². The van der Waals surface area contributed by atoms with Crippen molar-refractivity contribution in [3.05, 3.63) is 56.3 Å². The van der Waals surface area contributed by atoms with Gasteiger partial charge in [0, 0.05) is 66.5 Å². The lowest BCUT2D eigenvalue weighted by molar-refractivity contribution is -0.00235. The molecule has 1 amide bonds. The predicted octanol–water partition coefficient (Wildman–Crippen LogP) is 6.36. The van der Waals surface area contributed by atoms with Gasteiger partial charge in [-0.15, -0.1) is 0 Å². The third kappa shape index (κ3) is 10.1. The number of ether oxygens (including phenoxy) is 2. The molecule has 1 saturated carbocycles. The van der Waals surface area contributed by atoms with Crippen LogP contribution in [0.3, 0.4) is 0 Å². The summed E-state index contributed by atoms with van der Waals surface area (Å²) in [6, 6.07) is 10.9. The van der Waals surface area contributed by atoms with Crippen molar-refractivity contribution in [1.29, 1.82) is 0 Å². The van der Waals surface area contributed by atoms with Crippen molar-refractivity contribution in [2.45, 2.75) is 95.6 Å². The third-order valence-electron chi connectivity index (χ3n) is 9.54. The van der Waals surface area contributed by atoms with Gasteiger partial charge in [-0.25, -0.2) is 4.79 Å². The first-order chi connectivity index (χ1) is 21.6. The van der Waals surface area contributed by atoms with Gasteiger partial charge in [0.05, 0.1) is 6.10 Å². The average Bonchev–Trinajstić information content (AvgIpc) is 3.03. The van der Waals surface area contributed by atoms with Crippen molar-refractivity contribution >= 4 is 25.5 Å². The second-order valence-electron chi connectivity index (χ2n) is 14.4. The molecule has 0 radical (unpaired) electrons. The van der Waals surface area contributed by atoms with E-state index in [1.165, 1.54) is 24.2 Å². The largest absolute Gasteiger partial charge is 0.465 e. The van der Waals surface area contributed by atoms with Gasteiger partial charge in [-0.05, 0) is 43.2 Å². The highest BCUT2D eigenvalue weighted by Crippen LogP contribution is 2.36. The molecule has 10 heteroatoms. The Kier molecular flexibility index (Phi) is 13.1. The van der Waals surface area contributed by atoms with Crippen molar-refractivity contribution in [3.63, 3.8) is 0 Å². The average molecular weight is 642 g/mol. The number of rotatable bonds is 17. The summed E-state index contributed by atoms with van der Waals surface area (Å²) >= 11 is 0. The van der Waals surface area contributed by atoms with Gasteiger partial charge in [-0.2, -0.15) is 0 Å². The molecule has 1 aliphatic carbocycles. The third-order valence-corrected chi connectivity index (χ3v) is 11.3. The summed E-state index contributed by atoms with van der Waals surface area (Å²) in [5.74, 6) is 0.642. The number of anilines is 2. The van der Waals surface area contributed by atoms with Crippen LogP contribution in [0.1, 0.15) is 69.5 Å². The molecule has 2 aliphatic rings. The Morgan fingerprint density at radius 3 is 2.44 bits per heavy atom. The van der Waals surface area contributed by atoms with E-state index in [4.69, 9.17) is 9.47 Å². The molecule has 1 heterocycles. The number of hydrogen-bond acceptors (Lipinski definition) is 7. The van der Waals surface area contributed by atoms with Gasteiger partial charge in [0.15, 0.2) is 0 Å². The van der Waals surface area contributed by atoms with Gasteiger partial charge in [0.25, 0.3) is 10.9 Å². The van der Waals surface area contributed by atoms with Crippen LogP contribution >= 0.6 is 0 Å². The first-order valence-corrected chi connectivity index (χ1v) is 20.8. The van der Waals surface area contributed by atoms with Crippen LogP contribution in [0.5, 0.6) is 0 Å². The fourth-order valence-electron chi connectivity index (χ4n) is 7.05. The van der Waals surface area contributed by atoms with Gasteiger partial charge >= 0.3 is 6.09 Å². The van der Waals surface area contributed by atoms with E-state index < -0.39 is 25.0 Å². The van der Waals surface area contributed by atoms with Crippen molar-refractivity contribution in [2.24, 2.45) is 11.8 Å². The van der Waals surface area contributed by atoms with Crippen molar-refractivity contribution in [1.82, 2.24) is 4.90 Å². The lowest BCUT2D eigenvalue weighted by Gasteiger charge is -2.39. The normalized spacial score (nSPS) is 19.4. The molecule has 250 valence electrons. The van der Waals surface area contributed by atoms with Crippen molar-refractivity contribution in [3.8, 4) is 0 Å². The number of hydrogen-bond donors (Lipinski definition) is 2. The van der Waals surface area contributed by atoms with Gasteiger partial charge in [-0.1, -0.05) is 82.1 Å². The second-order valence-corrected chi connectivity index (χ2v) is 20.0. The fourth-order valence-corrected chi connectivity index (χ4v) is 7.99. The van der Waals surface area contributed by atoms with E-state index in [1.807, 2.05) is 18.2 Å². The topological polar surface area (TPSA) is 108 Å². The van der Waals surface area contributed by atoms with Crippen LogP contribution in [0.15, 0.2) is 39.9 Å². The highest BCUT2D eigenvalue weighted by Gasteiger charge is 2.35. The molecule has 2 aromatic rings. The van der Waals surface area contributed by atoms with Gasteiger partial charge < -0.3 is 29.7 Å².